The second-order valence-corrected chi connectivity index (χ2v) is 8.48. The van der Waals surface area contributed by atoms with Gasteiger partial charge in [0, 0.05) is 36.0 Å². The Morgan fingerprint density at radius 2 is 1.85 bits per heavy atom. The predicted octanol–water partition coefficient (Wildman–Crippen LogP) is 4.17. The number of nitrogens with zero attached hydrogens (tertiary/aromatic N) is 5. The average molecular weight is 443 g/mol. The molecule has 1 N–H and O–H groups in total. The van der Waals surface area contributed by atoms with Crippen LogP contribution in [0, 0.1) is 6.92 Å². The van der Waals surface area contributed by atoms with Gasteiger partial charge in [-0.2, -0.15) is 0 Å². The first-order chi connectivity index (χ1) is 16.1. The summed E-state index contributed by atoms with van der Waals surface area (Å²) in [6, 6.07) is 9.80. The van der Waals surface area contributed by atoms with Crippen LogP contribution in [-0.4, -0.2) is 31.8 Å². The topological polar surface area (TPSA) is 98.7 Å². The van der Waals surface area contributed by atoms with Crippen LogP contribution < -0.4 is 10.9 Å². The molecule has 0 unspecified atom stereocenters. The standard InChI is InChI=1S/C25H26N6O2/c1-16-11-17(12-26-2)7-9-20(16)24-29-30-25(33-24)22-14-27-13-21(28-22)18-8-10-23(32)31(15-18)19-5-3-4-6-19/h7-11,13-15,19,26H,3-6,12H2,1-2H3. The Balaban J connectivity index is 1.45. The highest BCUT2D eigenvalue weighted by molar-refractivity contribution is 5.62. The van der Waals surface area contributed by atoms with Crippen molar-refractivity contribution in [2.45, 2.75) is 45.2 Å². The van der Waals surface area contributed by atoms with Crippen LogP contribution in [0.3, 0.4) is 0 Å². The molecule has 33 heavy (non-hydrogen) atoms. The second-order valence-electron chi connectivity index (χ2n) is 8.48. The van der Waals surface area contributed by atoms with E-state index in [0.717, 1.165) is 48.9 Å². The second kappa shape index (κ2) is 9.07. The number of pyridine rings is 1. The van der Waals surface area contributed by atoms with Gasteiger partial charge in [0.1, 0.15) is 5.69 Å². The summed E-state index contributed by atoms with van der Waals surface area (Å²) in [6.45, 7) is 2.82. The van der Waals surface area contributed by atoms with Gasteiger partial charge in [-0.05, 0) is 50.1 Å². The highest BCUT2D eigenvalue weighted by atomic mass is 16.4. The smallest absolute Gasteiger partial charge is 0.268 e. The molecule has 1 saturated carbocycles. The highest BCUT2D eigenvalue weighted by Crippen LogP contribution is 2.30. The van der Waals surface area contributed by atoms with Crippen molar-refractivity contribution in [1.82, 2.24) is 30.0 Å². The Morgan fingerprint density at radius 3 is 2.64 bits per heavy atom. The molecular weight excluding hydrogens is 416 g/mol. The largest absolute Gasteiger partial charge is 0.415 e. The fourth-order valence-electron chi connectivity index (χ4n) is 4.45. The summed E-state index contributed by atoms with van der Waals surface area (Å²) in [7, 11) is 1.92. The molecule has 8 heteroatoms. The van der Waals surface area contributed by atoms with Crippen LogP contribution in [0.25, 0.3) is 34.3 Å². The predicted molar refractivity (Wildman–Crippen MR) is 125 cm³/mol. The van der Waals surface area contributed by atoms with Gasteiger partial charge in [-0.15, -0.1) is 10.2 Å². The number of hydrogen-bond acceptors (Lipinski definition) is 7. The first-order valence-corrected chi connectivity index (χ1v) is 11.3. The van der Waals surface area contributed by atoms with Gasteiger partial charge < -0.3 is 14.3 Å². The molecule has 1 aromatic carbocycles. The van der Waals surface area contributed by atoms with Gasteiger partial charge >= 0.3 is 0 Å². The van der Waals surface area contributed by atoms with E-state index in [1.807, 2.05) is 36.9 Å². The molecule has 3 aromatic heterocycles. The monoisotopic (exact) mass is 442 g/mol. The van der Waals surface area contributed by atoms with Crippen LogP contribution in [0.5, 0.6) is 0 Å². The zero-order valence-corrected chi connectivity index (χ0v) is 18.8. The minimum absolute atomic E-state index is 0.0208. The number of benzene rings is 1. The van der Waals surface area contributed by atoms with Crippen LogP contribution in [0.15, 0.2) is 58.1 Å². The maximum Gasteiger partial charge on any atom is 0.268 e. The van der Waals surface area contributed by atoms with Gasteiger partial charge in [0.25, 0.3) is 11.4 Å². The lowest BCUT2D eigenvalue weighted by molar-refractivity contribution is 0.503. The molecule has 0 atom stereocenters. The summed E-state index contributed by atoms with van der Waals surface area (Å²) in [6.07, 6.45) is 9.58. The molecule has 3 heterocycles. The minimum Gasteiger partial charge on any atom is -0.415 e. The maximum atomic E-state index is 12.4. The zero-order valence-electron chi connectivity index (χ0n) is 18.8. The van der Waals surface area contributed by atoms with Gasteiger partial charge in [-0.3, -0.25) is 9.78 Å². The number of aryl methyl sites for hydroxylation is 1. The van der Waals surface area contributed by atoms with E-state index in [1.165, 1.54) is 5.56 Å². The maximum absolute atomic E-state index is 12.4. The average Bonchev–Trinajstić information content (AvgIpc) is 3.53. The summed E-state index contributed by atoms with van der Waals surface area (Å²) in [5, 5.41) is 11.6. The van der Waals surface area contributed by atoms with Crippen molar-refractivity contribution >= 4 is 0 Å². The molecule has 0 radical (unpaired) electrons. The van der Waals surface area contributed by atoms with E-state index in [4.69, 9.17) is 9.40 Å². The molecular formula is C25H26N6O2. The number of hydrogen-bond donors (Lipinski definition) is 1. The lowest BCUT2D eigenvalue weighted by atomic mass is 10.1. The number of rotatable bonds is 6. The Labute approximate surface area is 191 Å². The Hall–Kier alpha value is -3.65. The Bertz CT molecular complexity index is 1340. The zero-order chi connectivity index (χ0) is 22.8. The molecule has 0 spiro atoms. The van der Waals surface area contributed by atoms with Gasteiger partial charge in [-0.25, -0.2) is 4.98 Å². The van der Waals surface area contributed by atoms with E-state index in [0.29, 0.717) is 23.2 Å². The van der Waals surface area contributed by atoms with Crippen LogP contribution in [0.2, 0.25) is 0 Å². The normalized spacial score (nSPS) is 14.1. The third kappa shape index (κ3) is 4.34. The van der Waals surface area contributed by atoms with Gasteiger partial charge in [-0.1, -0.05) is 25.0 Å². The molecule has 168 valence electrons. The SMILES string of the molecule is CNCc1ccc(-c2nnc(-c3cncc(-c4ccc(=O)n(C5CCCC5)c4)n3)o2)c(C)c1. The van der Waals surface area contributed by atoms with Crippen molar-refractivity contribution in [2.24, 2.45) is 0 Å². The lowest BCUT2D eigenvalue weighted by Crippen LogP contribution is -2.22. The van der Waals surface area contributed by atoms with Crippen molar-refractivity contribution in [3.05, 3.63) is 70.4 Å². The summed E-state index contributed by atoms with van der Waals surface area (Å²) >= 11 is 0. The van der Waals surface area contributed by atoms with Crippen LogP contribution in [-0.2, 0) is 6.54 Å². The number of aromatic nitrogens is 5. The van der Waals surface area contributed by atoms with Gasteiger partial charge in [0.2, 0.25) is 5.89 Å². The molecule has 1 aliphatic rings. The van der Waals surface area contributed by atoms with Crippen LogP contribution in [0.1, 0.15) is 42.9 Å². The molecule has 1 fully saturated rings. The summed E-state index contributed by atoms with van der Waals surface area (Å²) in [5.41, 5.74) is 5.16. The van der Waals surface area contributed by atoms with E-state index in [1.54, 1.807) is 24.5 Å². The molecule has 1 aliphatic carbocycles. The van der Waals surface area contributed by atoms with E-state index >= 15 is 0 Å². The first kappa shape index (κ1) is 21.2. The van der Waals surface area contributed by atoms with Crippen LogP contribution >= 0.6 is 0 Å². The quantitative estimate of drug-likeness (QED) is 0.478. The van der Waals surface area contributed by atoms with E-state index < -0.39 is 0 Å². The van der Waals surface area contributed by atoms with Gasteiger partial charge in [0.05, 0.1) is 18.1 Å². The molecule has 0 aliphatic heterocycles. The van der Waals surface area contributed by atoms with E-state index in [2.05, 4.69) is 26.6 Å². The Kier molecular flexibility index (Phi) is 5.83. The summed E-state index contributed by atoms with van der Waals surface area (Å²) < 4.78 is 7.79. The molecule has 4 aromatic rings. The third-order valence-electron chi connectivity index (χ3n) is 6.13. The number of nitrogens with one attached hydrogen (secondary N) is 1. The van der Waals surface area contributed by atoms with Crippen molar-refractivity contribution in [3.63, 3.8) is 0 Å². The van der Waals surface area contributed by atoms with E-state index in [9.17, 15) is 4.79 Å². The highest BCUT2D eigenvalue weighted by Gasteiger charge is 2.19. The molecule has 0 saturated heterocycles. The van der Waals surface area contributed by atoms with Crippen molar-refractivity contribution in [2.75, 3.05) is 7.05 Å². The van der Waals surface area contributed by atoms with E-state index in [-0.39, 0.29) is 11.6 Å². The molecule has 8 nitrogen and oxygen atoms in total. The van der Waals surface area contributed by atoms with Crippen molar-refractivity contribution in [1.29, 1.82) is 0 Å². The van der Waals surface area contributed by atoms with Crippen molar-refractivity contribution < 1.29 is 4.42 Å². The Morgan fingerprint density at radius 1 is 1.06 bits per heavy atom. The fraction of sp³-hybridized carbons (Fsp3) is 0.320. The van der Waals surface area contributed by atoms with Crippen molar-refractivity contribution in [3.8, 4) is 34.3 Å². The molecule has 0 amide bonds. The summed E-state index contributed by atoms with van der Waals surface area (Å²) in [4.78, 5) is 21.4. The fourth-order valence-corrected chi connectivity index (χ4v) is 4.45. The minimum atomic E-state index is 0.0208. The van der Waals surface area contributed by atoms with Crippen LogP contribution in [0.4, 0.5) is 0 Å². The molecule has 0 bridgehead atoms. The summed E-state index contributed by atoms with van der Waals surface area (Å²) in [5.74, 6) is 0.752. The molecule has 5 rings (SSSR count). The van der Waals surface area contributed by atoms with Gasteiger partial charge in [0.15, 0.2) is 0 Å². The first-order valence-electron chi connectivity index (χ1n) is 11.3. The third-order valence-corrected chi connectivity index (χ3v) is 6.13. The lowest BCUT2D eigenvalue weighted by Gasteiger charge is -2.14.